The maximum absolute atomic E-state index is 11.1. The van der Waals surface area contributed by atoms with Crippen molar-refractivity contribution in [3.05, 3.63) is 11.6 Å². The quantitative estimate of drug-likeness (QED) is 0.229. The summed E-state index contributed by atoms with van der Waals surface area (Å²) in [5.74, 6) is 2.92. The molecule has 21 atom stereocenters. The first-order valence-corrected chi connectivity index (χ1v) is 19.8. The van der Waals surface area contributed by atoms with E-state index in [4.69, 9.17) is 28.4 Å². The summed E-state index contributed by atoms with van der Waals surface area (Å²) in [6, 6.07) is 0. The number of aliphatic hydroxyl groups is 6. The van der Waals surface area contributed by atoms with E-state index in [0.29, 0.717) is 41.9 Å². The van der Waals surface area contributed by atoms with Crippen LogP contribution in [0.5, 0.6) is 0 Å². The minimum absolute atomic E-state index is 0.0535. The van der Waals surface area contributed by atoms with E-state index in [1.807, 2.05) is 0 Å². The minimum Gasteiger partial charge on any atom is -0.394 e. The first-order valence-electron chi connectivity index (χ1n) is 19.8. The zero-order valence-corrected chi connectivity index (χ0v) is 30.9. The molecule has 4 saturated heterocycles. The molecule has 0 radical (unpaired) electrons. The molecule has 12 nitrogen and oxygen atoms in total. The summed E-state index contributed by atoms with van der Waals surface area (Å²) in [5.41, 5.74) is 1.70. The van der Waals surface area contributed by atoms with Crippen LogP contribution in [0.4, 0.5) is 0 Å². The summed E-state index contributed by atoms with van der Waals surface area (Å²) in [7, 11) is 0. The number of hydrogen-bond acceptors (Lipinski definition) is 12. The lowest BCUT2D eigenvalue weighted by molar-refractivity contribution is -0.369. The van der Waals surface area contributed by atoms with Crippen molar-refractivity contribution in [3.8, 4) is 0 Å². The van der Waals surface area contributed by atoms with Gasteiger partial charge in [-0.3, -0.25) is 0 Å². The molecule has 51 heavy (non-hydrogen) atoms. The highest BCUT2D eigenvalue weighted by atomic mass is 16.8. The average molecular weight is 723 g/mol. The Balaban J connectivity index is 0.964. The minimum atomic E-state index is -1.61. The maximum atomic E-state index is 11.1. The van der Waals surface area contributed by atoms with Crippen LogP contribution >= 0.6 is 0 Å². The summed E-state index contributed by atoms with van der Waals surface area (Å²) in [6.45, 7) is 11.5. The fourth-order valence-corrected chi connectivity index (χ4v) is 12.5. The number of hydrogen-bond donors (Lipinski definition) is 6. The molecule has 3 saturated carbocycles. The van der Waals surface area contributed by atoms with Crippen molar-refractivity contribution >= 4 is 0 Å². The molecule has 0 aromatic carbocycles. The Bertz CT molecular complexity index is 1300. The molecule has 0 amide bonds. The van der Waals surface area contributed by atoms with Crippen LogP contribution in [-0.2, 0) is 28.4 Å². The molecular weight excluding hydrogens is 660 g/mol. The Hall–Kier alpha value is -0.740. The first kappa shape index (κ1) is 37.2. The zero-order chi connectivity index (χ0) is 36.2. The van der Waals surface area contributed by atoms with Crippen molar-refractivity contribution in [2.24, 2.45) is 46.3 Å². The van der Waals surface area contributed by atoms with E-state index >= 15 is 0 Å². The summed E-state index contributed by atoms with van der Waals surface area (Å²) in [6.07, 6.45) is -1.68. The third-order valence-electron chi connectivity index (χ3n) is 15.6. The number of ether oxygens (including phenoxy) is 6. The first-order chi connectivity index (χ1) is 24.2. The van der Waals surface area contributed by atoms with Crippen LogP contribution < -0.4 is 0 Å². The highest BCUT2D eigenvalue weighted by Crippen LogP contribution is 2.70. The smallest absolute Gasteiger partial charge is 0.187 e. The maximum Gasteiger partial charge on any atom is 0.187 e. The summed E-state index contributed by atoms with van der Waals surface area (Å²) >= 11 is 0. The molecule has 0 bridgehead atoms. The van der Waals surface area contributed by atoms with E-state index < -0.39 is 73.8 Å². The van der Waals surface area contributed by atoms with Gasteiger partial charge >= 0.3 is 0 Å². The molecular formula is C39H62O12. The Kier molecular flexibility index (Phi) is 9.83. The Morgan fingerprint density at radius 1 is 0.824 bits per heavy atom. The lowest BCUT2D eigenvalue weighted by Crippen LogP contribution is -2.64. The zero-order valence-electron chi connectivity index (χ0n) is 30.9. The Morgan fingerprint density at radius 3 is 2.33 bits per heavy atom. The van der Waals surface area contributed by atoms with Gasteiger partial charge in [-0.1, -0.05) is 39.3 Å². The highest BCUT2D eigenvalue weighted by molar-refractivity contribution is 5.26. The van der Waals surface area contributed by atoms with E-state index in [-0.39, 0.29) is 23.0 Å². The van der Waals surface area contributed by atoms with Crippen LogP contribution in [0, 0.1) is 46.3 Å². The van der Waals surface area contributed by atoms with Gasteiger partial charge in [-0.25, -0.2) is 0 Å². The van der Waals surface area contributed by atoms with Crippen molar-refractivity contribution in [1.82, 2.24) is 0 Å². The normalized spacial score (nSPS) is 58.4. The molecule has 0 aromatic rings. The molecule has 8 aliphatic rings. The second kappa shape index (κ2) is 13.5. The lowest BCUT2D eigenvalue weighted by Gasteiger charge is -2.58. The summed E-state index contributed by atoms with van der Waals surface area (Å²) < 4.78 is 37.6. The molecule has 4 heterocycles. The molecule has 6 unspecified atom stereocenters. The van der Waals surface area contributed by atoms with Gasteiger partial charge in [-0.05, 0) is 98.7 Å². The molecule has 6 N–H and O–H groups in total. The fourth-order valence-electron chi connectivity index (χ4n) is 12.5. The SMILES string of the molecule is CC1O[C@@H](OC2C(O)[C@H](O)C(CO)O[C@H]2O[C@H]2CC[C@@]3(C)C(=CC[C@H]4[C@@H]5C[C@@H]6O[C@]7(CC[C@@H](C)CO7)[C@@H](C)[C@@H]6[C@@]5(C)CC[C@@H]43)C2)C(O)C(O)[C@H]1O. The monoisotopic (exact) mass is 722 g/mol. The molecule has 4 aliphatic carbocycles. The molecule has 4 aliphatic heterocycles. The van der Waals surface area contributed by atoms with Crippen molar-refractivity contribution in [2.75, 3.05) is 13.2 Å². The number of aliphatic hydroxyl groups excluding tert-OH is 6. The van der Waals surface area contributed by atoms with Gasteiger partial charge in [0.15, 0.2) is 18.4 Å². The van der Waals surface area contributed by atoms with Crippen LogP contribution in [0.25, 0.3) is 0 Å². The largest absolute Gasteiger partial charge is 0.394 e. The fraction of sp³-hybridized carbons (Fsp3) is 0.949. The van der Waals surface area contributed by atoms with E-state index in [1.54, 1.807) is 0 Å². The third kappa shape index (κ3) is 5.84. The van der Waals surface area contributed by atoms with Gasteiger partial charge in [0.2, 0.25) is 0 Å². The van der Waals surface area contributed by atoms with Crippen LogP contribution in [-0.4, -0.2) is 123 Å². The summed E-state index contributed by atoms with van der Waals surface area (Å²) in [4.78, 5) is 0. The third-order valence-corrected chi connectivity index (χ3v) is 15.6. The van der Waals surface area contributed by atoms with Crippen LogP contribution in [0.15, 0.2) is 11.6 Å². The second-order valence-corrected chi connectivity index (χ2v) is 18.3. The predicted octanol–water partition coefficient (Wildman–Crippen LogP) is 2.39. The van der Waals surface area contributed by atoms with Crippen molar-refractivity contribution < 1.29 is 59.1 Å². The molecule has 8 rings (SSSR count). The number of fused-ring (bicyclic) bond motifs is 7. The van der Waals surface area contributed by atoms with Gasteiger partial charge in [-0.15, -0.1) is 0 Å². The molecule has 7 fully saturated rings. The van der Waals surface area contributed by atoms with Crippen molar-refractivity contribution in [3.63, 3.8) is 0 Å². The van der Waals surface area contributed by atoms with Crippen LogP contribution in [0.1, 0.15) is 92.4 Å². The standard InChI is InChI=1S/C39H62O12/c1-18-8-13-39(46-17-18)19(2)28-26(51-39)15-25-23-7-6-21-14-22(9-11-37(21,4)24(23)10-12-38(25,28)5)48-36-34(32(44)30(42)27(16-40)49-36)50-35-33(45)31(43)29(41)20(3)47-35/h6,18-20,22-36,40-45H,7-17H2,1-5H3/t18-,19+,20?,22+,23-,24+,25+,26+,27?,28+,29+,30-,31?,32?,33?,34?,35+,36-,37+,38+,39-/m1/s1. The van der Waals surface area contributed by atoms with Gasteiger partial charge in [0, 0.05) is 12.3 Å². The molecule has 290 valence electrons. The predicted molar refractivity (Wildman–Crippen MR) is 182 cm³/mol. The summed E-state index contributed by atoms with van der Waals surface area (Å²) in [5, 5.41) is 62.9. The van der Waals surface area contributed by atoms with Gasteiger partial charge < -0.3 is 59.1 Å². The van der Waals surface area contributed by atoms with Gasteiger partial charge in [0.1, 0.15) is 42.7 Å². The second-order valence-electron chi connectivity index (χ2n) is 18.3. The molecule has 0 aromatic heterocycles. The van der Waals surface area contributed by atoms with E-state index in [9.17, 15) is 30.6 Å². The van der Waals surface area contributed by atoms with Crippen molar-refractivity contribution in [2.45, 2.75) is 172 Å². The lowest BCUT2D eigenvalue weighted by atomic mass is 9.47. The van der Waals surface area contributed by atoms with Gasteiger partial charge in [0.05, 0.1) is 31.5 Å². The topological polar surface area (TPSA) is 177 Å². The molecule has 12 heteroatoms. The van der Waals surface area contributed by atoms with E-state index in [1.165, 1.54) is 31.8 Å². The van der Waals surface area contributed by atoms with Gasteiger partial charge in [-0.2, -0.15) is 0 Å². The number of rotatable bonds is 5. The molecule has 1 spiro atoms. The van der Waals surface area contributed by atoms with Crippen molar-refractivity contribution in [1.29, 1.82) is 0 Å². The van der Waals surface area contributed by atoms with E-state index in [2.05, 4.69) is 33.8 Å². The van der Waals surface area contributed by atoms with Crippen LogP contribution in [0.2, 0.25) is 0 Å². The highest BCUT2D eigenvalue weighted by Gasteiger charge is 2.68. The van der Waals surface area contributed by atoms with E-state index in [0.717, 1.165) is 38.7 Å². The average Bonchev–Trinajstić information content (AvgIpc) is 3.56. The van der Waals surface area contributed by atoms with Gasteiger partial charge in [0.25, 0.3) is 0 Å². The van der Waals surface area contributed by atoms with Crippen LogP contribution in [0.3, 0.4) is 0 Å². The Morgan fingerprint density at radius 2 is 1.61 bits per heavy atom. The Labute approximate surface area is 301 Å². The number of allylic oxidation sites excluding steroid dienone is 1.